The summed E-state index contributed by atoms with van der Waals surface area (Å²) >= 11 is 0. The molecule has 2 atom stereocenters. The molecule has 0 aliphatic heterocycles. The van der Waals surface area contributed by atoms with Crippen molar-refractivity contribution in [2.75, 3.05) is 0 Å². The molecule has 0 N–H and O–H groups in total. The molecule has 0 bridgehead atoms. The van der Waals surface area contributed by atoms with Crippen molar-refractivity contribution in [1.29, 1.82) is 0 Å². The van der Waals surface area contributed by atoms with Crippen LogP contribution in [0.1, 0.15) is 33.1 Å². The summed E-state index contributed by atoms with van der Waals surface area (Å²) in [5.74, 6) is 0. The van der Waals surface area contributed by atoms with Crippen molar-refractivity contribution in [3.8, 4) is 0 Å². The molecule has 3 heteroatoms. The third kappa shape index (κ3) is 1.16. The Morgan fingerprint density at radius 2 is 1.78 bits per heavy atom. The van der Waals surface area contributed by atoms with Crippen LogP contribution in [-0.4, -0.2) is 13.2 Å². The quantitative estimate of drug-likeness (QED) is 0.766. The molecule has 0 amide bonds. The Balaban J connectivity index is 2.19. The van der Waals surface area contributed by atoms with E-state index in [2.05, 4.69) is 13.0 Å². The summed E-state index contributed by atoms with van der Waals surface area (Å²) in [4.78, 5) is 0.463. The third-order valence-corrected chi connectivity index (χ3v) is 7.84. The highest BCUT2D eigenvalue weighted by molar-refractivity contribution is 7.93. The van der Waals surface area contributed by atoms with E-state index in [1.165, 1.54) is 0 Å². The summed E-state index contributed by atoms with van der Waals surface area (Å²) in [7, 11) is -3.28. The number of fused-ring (bicyclic) bond motifs is 1. The number of allylic oxidation sites excluding steroid dienone is 1. The van der Waals surface area contributed by atoms with Gasteiger partial charge in [0.05, 0.1) is 4.90 Å². The number of sulfone groups is 1. The van der Waals surface area contributed by atoms with E-state index in [0.717, 1.165) is 24.8 Å². The van der Waals surface area contributed by atoms with Crippen molar-refractivity contribution in [2.24, 2.45) is 5.41 Å². The summed E-state index contributed by atoms with van der Waals surface area (Å²) in [6.07, 6.45) is 4.79. The van der Waals surface area contributed by atoms with Crippen LogP contribution in [0.25, 0.3) is 0 Å². The van der Waals surface area contributed by atoms with Crippen LogP contribution in [-0.2, 0) is 9.84 Å². The fraction of sp³-hybridized carbons (Fsp3) is 0.467. The summed E-state index contributed by atoms with van der Waals surface area (Å²) in [5.41, 5.74) is 0.950. The topological polar surface area (TPSA) is 34.1 Å². The highest BCUT2D eigenvalue weighted by atomic mass is 32.2. The van der Waals surface area contributed by atoms with Crippen LogP contribution in [0, 0.1) is 5.41 Å². The van der Waals surface area contributed by atoms with Crippen LogP contribution in [0.5, 0.6) is 0 Å². The van der Waals surface area contributed by atoms with E-state index in [1.807, 2.05) is 13.0 Å². The molecule has 3 rings (SSSR count). The van der Waals surface area contributed by atoms with E-state index in [0.29, 0.717) is 4.90 Å². The number of rotatable bonds is 2. The monoisotopic (exact) mass is 262 g/mol. The molecule has 0 aromatic heterocycles. The lowest BCUT2D eigenvalue weighted by molar-refractivity contribution is 0.125. The first-order chi connectivity index (χ1) is 8.44. The first kappa shape index (κ1) is 12.0. The van der Waals surface area contributed by atoms with Crippen LogP contribution in [0.4, 0.5) is 0 Å². The Labute approximate surface area is 109 Å². The normalized spacial score (nSPS) is 34.7. The van der Waals surface area contributed by atoms with E-state index in [1.54, 1.807) is 24.3 Å². The molecular weight excluding hydrogens is 244 g/mol. The minimum atomic E-state index is -3.28. The Bertz CT molecular complexity index is 615. The highest BCUT2D eigenvalue weighted by Crippen LogP contribution is 2.65. The van der Waals surface area contributed by atoms with E-state index in [9.17, 15) is 8.42 Å². The van der Waals surface area contributed by atoms with E-state index in [4.69, 9.17) is 0 Å². The lowest BCUT2D eigenvalue weighted by Crippen LogP contribution is -2.58. The molecule has 1 fully saturated rings. The van der Waals surface area contributed by atoms with Crippen molar-refractivity contribution in [1.82, 2.24) is 0 Å². The van der Waals surface area contributed by atoms with Gasteiger partial charge in [-0.3, -0.25) is 0 Å². The Hall–Kier alpha value is -1.09. The predicted molar refractivity (Wildman–Crippen MR) is 72.1 cm³/mol. The molecule has 2 aliphatic carbocycles. The smallest absolute Gasteiger partial charge is 0.188 e. The van der Waals surface area contributed by atoms with Gasteiger partial charge in [-0.2, -0.15) is 0 Å². The maximum atomic E-state index is 13.0. The summed E-state index contributed by atoms with van der Waals surface area (Å²) in [6, 6.07) is 8.89. The summed E-state index contributed by atoms with van der Waals surface area (Å²) in [5, 5.41) is 0. The maximum Gasteiger partial charge on any atom is 0.188 e. The minimum absolute atomic E-state index is 0.0915. The van der Waals surface area contributed by atoms with Gasteiger partial charge in [-0.1, -0.05) is 36.8 Å². The van der Waals surface area contributed by atoms with Crippen molar-refractivity contribution in [2.45, 2.75) is 42.8 Å². The van der Waals surface area contributed by atoms with Gasteiger partial charge in [-0.25, -0.2) is 8.42 Å². The second-order valence-electron chi connectivity index (χ2n) is 5.80. The fourth-order valence-electron chi connectivity index (χ4n) is 3.73. The van der Waals surface area contributed by atoms with Gasteiger partial charge in [-0.05, 0) is 43.7 Å². The lowest BCUT2D eigenvalue weighted by Gasteiger charge is -2.54. The zero-order chi connectivity index (χ0) is 13.0. The van der Waals surface area contributed by atoms with Crippen molar-refractivity contribution >= 4 is 9.84 Å². The number of hydrogen-bond acceptors (Lipinski definition) is 2. The average molecular weight is 262 g/mol. The summed E-state index contributed by atoms with van der Waals surface area (Å²) in [6.45, 7) is 4.09. The SMILES string of the molecule is CC1=CC[C@@]2(C)CC[C@@]12S(=O)(=O)c1ccccc1. The van der Waals surface area contributed by atoms with Crippen molar-refractivity contribution in [3.63, 3.8) is 0 Å². The Morgan fingerprint density at radius 1 is 1.11 bits per heavy atom. The van der Waals surface area contributed by atoms with Gasteiger partial charge in [0.1, 0.15) is 4.75 Å². The molecule has 0 saturated heterocycles. The largest absolute Gasteiger partial charge is 0.223 e. The van der Waals surface area contributed by atoms with Crippen molar-refractivity contribution in [3.05, 3.63) is 42.0 Å². The van der Waals surface area contributed by atoms with Crippen molar-refractivity contribution < 1.29 is 8.42 Å². The van der Waals surface area contributed by atoms with Gasteiger partial charge in [-0.15, -0.1) is 0 Å². The molecule has 0 spiro atoms. The van der Waals surface area contributed by atoms with Gasteiger partial charge in [0.25, 0.3) is 0 Å². The molecule has 0 heterocycles. The second kappa shape index (κ2) is 3.47. The zero-order valence-corrected chi connectivity index (χ0v) is 11.6. The van der Waals surface area contributed by atoms with Crippen LogP contribution in [0.2, 0.25) is 0 Å². The molecule has 0 unspecified atom stereocenters. The molecule has 96 valence electrons. The second-order valence-corrected chi connectivity index (χ2v) is 7.97. The Morgan fingerprint density at radius 3 is 2.28 bits per heavy atom. The lowest BCUT2D eigenvalue weighted by atomic mass is 9.60. The molecule has 0 radical (unpaired) electrons. The Kier molecular flexibility index (Phi) is 2.31. The van der Waals surface area contributed by atoms with Gasteiger partial charge >= 0.3 is 0 Å². The molecule has 1 aromatic carbocycles. The molecule has 2 nitrogen and oxygen atoms in total. The van der Waals surface area contributed by atoms with E-state index in [-0.39, 0.29) is 5.41 Å². The highest BCUT2D eigenvalue weighted by Gasteiger charge is 2.66. The van der Waals surface area contributed by atoms with Crippen LogP contribution < -0.4 is 0 Å². The third-order valence-electron chi connectivity index (χ3n) is 5.01. The van der Waals surface area contributed by atoms with Crippen LogP contribution in [0.15, 0.2) is 46.9 Å². The number of benzene rings is 1. The average Bonchev–Trinajstić information content (AvgIpc) is 2.52. The standard InChI is InChI=1S/C15H18O2S/c1-12-8-9-14(2)10-11-15(12,14)18(16,17)13-6-4-3-5-7-13/h3-8H,9-11H2,1-2H3/t14-,15+/m0/s1. The first-order valence-electron chi connectivity index (χ1n) is 6.41. The van der Waals surface area contributed by atoms with Gasteiger partial charge in [0.15, 0.2) is 9.84 Å². The molecule has 1 saturated carbocycles. The van der Waals surface area contributed by atoms with Crippen LogP contribution >= 0.6 is 0 Å². The fourth-order valence-corrected chi connectivity index (χ4v) is 6.36. The van der Waals surface area contributed by atoms with Gasteiger partial charge < -0.3 is 0 Å². The molecular formula is C15H18O2S. The van der Waals surface area contributed by atoms with Gasteiger partial charge in [0.2, 0.25) is 0 Å². The van der Waals surface area contributed by atoms with E-state index < -0.39 is 14.6 Å². The molecule has 18 heavy (non-hydrogen) atoms. The zero-order valence-electron chi connectivity index (χ0n) is 10.8. The predicted octanol–water partition coefficient (Wildman–Crippen LogP) is 3.35. The van der Waals surface area contributed by atoms with Gasteiger partial charge in [0, 0.05) is 0 Å². The molecule has 2 aliphatic rings. The minimum Gasteiger partial charge on any atom is -0.223 e. The maximum absolute atomic E-state index is 13.0. The van der Waals surface area contributed by atoms with Crippen LogP contribution in [0.3, 0.4) is 0 Å². The molecule has 1 aromatic rings. The van der Waals surface area contributed by atoms with E-state index >= 15 is 0 Å². The number of hydrogen-bond donors (Lipinski definition) is 0. The summed E-state index contributed by atoms with van der Waals surface area (Å²) < 4.78 is 25.3. The first-order valence-corrected chi connectivity index (χ1v) is 7.89.